The molecule has 1 saturated carbocycles. The van der Waals surface area contributed by atoms with Crippen molar-refractivity contribution in [2.24, 2.45) is 5.92 Å². The smallest absolute Gasteiger partial charge is 0.306 e. The summed E-state index contributed by atoms with van der Waals surface area (Å²) in [5.41, 5.74) is 2.54. The Hall–Kier alpha value is -3.22. The number of ketones is 1. The van der Waals surface area contributed by atoms with Crippen LogP contribution in [0, 0.1) is 12.8 Å². The average molecular weight is 394 g/mol. The molecule has 3 rings (SSSR count). The number of hydrogen-bond donors (Lipinski definition) is 3. The molecule has 7 heteroatoms. The van der Waals surface area contributed by atoms with Gasteiger partial charge in [-0.25, -0.2) is 4.98 Å². The van der Waals surface area contributed by atoms with Crippen LogP contribution in [0.15, 0.2) is 43.1 Å². The molecule has 0 spiro atoms. The van der Waals surface area contributed by atoms with Crippen LogP contribution in [0.4, 0.5) is 17.5 Å². The van der Waals surface area contributed by atoms with Gasteiger partial charge < -0.3 is 15.7 Å². The molecule has 1 fully saturated rings. The molecule has 0 amide bonds. The van der Waals surface area contributed by atoms with Crippen molar-refractivity contribution in [3.63, 3.8) is 0 Å². The topological polar surface area (TPSA) is 104 Å². The summed E-state index contributed by atoms with van der Waals surface area (Å²) in [6, 6.07) is 7.62. The van der Waals surface area contributed by atoms with Crippen molar-refractivity contribution in [3.8, 4) is 0 Å². The van der Waals surface area contributed by atoms with E-state index in [-0.39, 0.29) is 24.2 Å². The molecule has 2 unspecified atom stereocenters. The Morgan fingerprint density at radius 3 is 2.86 bits per heavy atom. The van der Waals surface area contributed by atoms with E-state index in [1.54, 1.807) is 6.20 Å². The number of nitrogens with one attached hydrogen (secondary N) is 2. The fourth-order valence-electron chi connectivity index (χ4n) is 3.55. The standard InChI is InChI=1S/C22H26N4O3/c1-3-18(27)12-15-7-4-5-10-19(15)25-20-14(2)13-23-22(26-20)24-17-9-6-8-16(11-17)21(28)29/h3-5,7,10,13,16-17H,1,6,8-9,11-12H2,2H3,(H,28,29)(H2,23,24,25,26). The van der Waals surface area contributed by atoms with Crippen molar-refractivity contribution in [1.29, 1.82) is 0 Å². The van der Waals surface area contributed by atoms with E-state index in [1.807, 2.05) is 31.2 Å². The molecule has 29 heavy (non-hydrogen) atoms. The van der Waals surface area contributed by atoms with E-state index < -0.39 is 5.97 Å². The van der Waals surface area contributed by atoms with Gasteiger partial charge in [0.05, 0.1) is 5.92 Å². The van der Waals surface area contributed by atoms with Crippen LogP contribution >= 0.6 is 0 Å². The summed E-state index contributed by atoms with van der Waals surface area (Å²) in [4.78, 5) is 32.0. The predicted octanol–water partition coefficient (Wildman–Crippen LogP) is 3.88. The monoisotopic (exact) mass is 394 g/mol. The predicted molar refractivity (Wildman–Crippen MR) is 112 cm³/mol. The van der Waals surface area contributed by atoms with Gasteiger partial charge in [0, 0.05) is 29.9 Å². The van der Waals surface area contributed by atoms with Crippen LogP contribution in [-0.2, 0) is 16.0 Å². The molecule has 7 nitrogen and oxygen atoms in total. The van der Waals surface area contributed by atoms with Crippen LogP contribution in [0.25, 0.3) is 0 Å². The fraction of sp³-hybridized carbons (Fsp3) is 0.364. The summed E-state index contributed by atoms with van der Waals surface area (Å²) in [6.45, 7) is 5.44. The summed E-state index contributed by atoms with van der Waals surface area (Å²) >= 11 is 0. The lowest BCUT2D eigenvalue weighted by molar-refractivity contribution is -0.142. The van der Waals surface area contributed by atoms with Gasteiger partial charge in [-0.05, 0) is 43.9 Å². The number of para-hydroxylation sites is 1. The lowest BCUT2D eigenvalue weighted by Crippen LogP contribution is -2.31. The number of carboxylic acid groups (broad SMARTS) is 1. The van der Waals surface area contributed by atoms with Crippen LogP contribution < -0.4 is 10.6 Å². The summed E-state index contributed by atoms with van der Waals surface area (Å²) in [6.07, 6.45) is 6.38. The first-order valence-electron chi connectivity index (χ1n) is 9.79. The second-order valence-corrected chi connectivity index (χ2v) is 7.40. The number of hydrogen-bond acceptors (Lipinski definition) is 6. The molecule has 0 bridgehead atoms. The fourth-order valence-corrected chi connectivity index (χ4v) is 3.55. The number of carbonyl (C=O) groups is 2. The van der Waals surface area contributed by atoms with E-state index in [9.17, 15) is 14.7 Å². The highest BCUT2D eigenvalue weighted by atomic mass is 16.4. The van der Waals surface area contributed by atoms with Crippen molar-refractivity contribution < 1.29 is 14.7 Å². The Kier molecular flexibility index (Phi) is 6.59. The highest BCUT2D eigenvalue weighted by Crippen LogP contribution is 2.27. The van der Waals surface area contributed by atoms with E-state index in [0.29, 0.717) is 18.2 Å². The minimum absolute atomic E-state index is 0.0397. The van der Waals surface area contributed by atoms with Gasteiger partial charge in [-0.3, -0.25) is 9.59 Å². The molecule has 2 aromatic rings. The summed E-state index contributed by atoms with van der Waals surface area (Å²) in [5, 5.41) is 15.9. The van der Waals surface area contributed by atoms with Gasteiger partial charge in [0.2, 0.25) is 5.95 Å². The van der Waals surface area contributed by atoms with Crippen molar-refractivity contribution in [1.82, 2.24) is 9.97 Å². The minimum Gasteiger partial charge on any atom is -0.481 e. The highest BCUT2D eigenvalue weighted by Gasteiger charge is 2.27. The molecular formula is C22H26N4O3. The molecule has 0 radical (unpaired) electrons. The number of rotatable bonds is 8. The third-order valence-electron chi connectivity index (χ3n) is 5.19. The Bertz CT molecular complexity index is 913. The third-order valence-corrected chi connectivity index (χ3v) is 5.19. The van der Waals surface area contributed by atoms with Gasteiger partial charge in [0.1, 0.15) is 5.82 Å². The molecule has 1 aliphatic carbocycles. The van der Waals surface area contributed by atoms with E-state index in [2.05, 4.69) is 27.2 Å². The number of aromatic nitrogens is 2. The molecule has 1 aromatic heterocycles. The Morgan fingerprint density at radius 1 is 1.31 bits per heavy atom. The number of aryl methyl sites for hydroxylation is 1. The van der Waals surface area contributed by atoms with Gasteiger partial charge in [-0.15, -0.1) is 0 Å². The average Bonchev–Trinajstić information content (AvgIpc) is 2.72. The molecule has 0 saturated heterocycles. The number of allylic oxidation sites excluding steroid dienone is 1. The maximum Gasteiger partial charge on any atom is 0.306 e. The summed E-state index contributed by atoms with van der Waals surface area (Å²) < 4.78 is 0. The van der Waals surface area contributed by atoms with Crippen molar-refractivity contribution in [2.45, 2.75) is 45.1 Å². The molecule has 152 valence electrons. The first-order chi connectivity index (χ1) is 14.0. The van der Waals surface area contributed by atoms with Crippen LogP contribution in [0.5, 0.6) is 0 Å². The normalized spacial score (nSPS) is 18.7. The minimum atomic E-state index is -0.741. The van der Waals surface area contributed by atoms with Gasteiger partial charge in [0.25, 0.3) is 0 Å². The molecule has 0 aliphatic heterocycles. The van der Waals surface area contributed by atoms with E-state index in [0.717, 1.165) is 36.1 Å². The van der Waals surface area contributed by atoms with Crippen LogP contribution in [-0.4, -0.2) is 32.9 Å². The largest absolute Gasteiger partial charge is 0.481 e. The molecule has 3 N–H and O–H groups in total. The van der Waals surface area contributed by atoms with Crippen LogP contribution in [0.3, 0.4) is 0 Å². The lowest BCUT2D eigenvalue weighted by Gasteiger charge is -2.27. The Morgan fingerprint density at radius 2 is 2.10 bits per heavy atom. The SMILES string of the molecule is C=CC(=O)Cc1ccccc1Nc1nc(NC2CCCC(C(=O)O)C2)ncc1C. The first kappa shape index (κ1) is 20.5. The maximum atomic E-state index is 11.8. The number of aliphatic carboxylic acids is 1. The van der Waals surface area contributed by atoms with Gasteiger partial charge in [-0.1, -0.05) is 31.2 Å². The highest BCUT2D eigenvalue weighted by molar-refractivity contribution is 5.92. The maximum absolute atomic E-state index is 11.8. The second kappa shape index (κ2) is 9.32. The van der Waals surface area contributed by atoms with Crippen molar-refractivity contribution >= 4 is 29.2 Å². The number of carboxylic acids is 1. The zero-order chi connectivity index (χ0) is 20.8. The van der Waals surface area contributed by atoms with Crippen LogP contribution in [0.2, 0.25) is 0 Å². The zero-order valence-electron chi connectivity index (χ0n) is 16.5. The molecule has 2 atom stereocenters. The summed E-state index contributed by atoms with van der Waals surface area (Å²) in [7, 11) is 0. The van der Waals surface area contributed by atoms with Gasteiger partial charge in [0.15, 0.2) is 5.78 Å². The van der Waals surface area contributed by atoms with Gasteiger partial charge >= 0.3 is 5.97 Å². The van der Waals surface area contributed by atoms with Crippen molar-refractivity contribution in [3.05, 3.63) is 54.2 Å². The quantitative estimate of drug-likeness (QED) is 0.584. The second-order valence-electron chi connectivity index (χ2n) is 7.40. The van der Waals surface area contributed by atoms with Gasteiger partial charge in [-0.2, -0.15) is 4.98 Å². The Balaban J connectivity index is 1.76. The number of carbonyl (C=O) groups excluding carboxylic acids is 1. The first-order valence-corrected chi connectivity index (χ1v) is 9.79. The third kappa shape index (κ3) is 5.40. The number of benzene rings is 1. The molecular weight excluding hydrogens is 368 g/mol. The molecule has 1 heterocycles. The lowest BCUT2D eigenvalue weighted by atomic mass is 9.86. The van der Waals surface area contributed by atoms with E-state index in [4.69, 9.17) is 0 Å². The van der Waals surface area contributed by atoms with Crippen molar-refractivity contribution in [2.75, 3.05) is 10.6 Å². The number of anilines is 3. The Labute approximate surface area is 170 Å². The summed E-state index contributed by atoms with van der Waals surface area (Å²) in [5.74, 6) is -0.000362. The zero-order valence-corrected chi connectivity index (χ0v) is 16.5. The van der Waals surface area contributed by atoms with Crippen LogP contribution in [0.1, 0.15) is 36.8 Å². The number of nitrogens with zero attached hydrogens (tertiary/aromatic N) is 2. The van der Waals surface area contributed by atoms with E-state index in [1.165, 1.54) is 6.08 Å². The molecule has 1 aliphatic rings. The van der Waals surface area contributed by atoms with E-state index >= 15 is 0 Å². The molecule has 1 aromatic carbocycles.